The summed E-state index contributed by atoms with van der Waals surface area (Å²) < 4.78 is 0. The maximum absolute atomic E-state index is 11.6. The third-order valence-electron chi connectivity index (χ3n) is 2.59. The normalized spacial score (nSPS) is 10.9. The van der Waals surface area contributed by atoms with Crippen molar-refractivity contribution in [1.82, 2.24) is 10.7 Å². The lowest BCUT2D eigenvalue weighted by atomic mass is 10.2. The van der Waals surface area contributed by atoms with Gasteiger partial charge in [0, 0.05) is 6.21 Å². The average Bonchev–Trinajstić information content (AvgIpc) is 3.08. The van der Waals surface area contributed by atoms with Crippen LogP contribution in [0.15, 0.2) is 59.0 Å². The van der Waals surface area contributed by atoms with E-state index in [1.165, 1.54) is 17.6 Å². The van der Waals surface area contributed by atoms with Crippen LogP contribution in [-0.2, 0) is 4.79 Å². The molecule has 0 aliphatic carbocycles. The van der Waals surface area contributed by atoms with Crippen LogP contribution in [0.1, 0.15) is 15.2 Å². The van der Waals surface area contributed by atoms with Gasteiger partial charge in [-0.3, -0.25) is 9.59 Å². The first-order chi connectivity index (χ1) is 10.8. The van der Waals surface area contributed by atoms with E-state index in [1.807, 2.05) is 36.4 Å². The Morgan fingerprint density at radius 2 is 1.95 bits per heavy atom. The van der Waals surface area contributed by atoms with Gasteiger partial charge in [0.15, 0.2) is 0 Å². The molecule has 6 heteroatoms. The topological polar surface area (TPSA) is 70.6 Å². The number of allylic oxidation sites excluding steroid dienone is 1. The molecule has 1 heterocycles. The number of carbonyl (C=O) groups is 2. The molecule has 0 saturated heterocycles. The first kappa shape index (κ1) is 15.7. The lowest BCUT2D eigenvalue weighted by Crippen LogP contribution is -2.34. The van der Waals surface area contributed by atoms with E-state index in [0.29, 0.717) is 4.88 Å². The van der Waals surface area contributed by atoms with Gasteiger partial charge in [-0.2, -0.15) is 5.10 Å². The van der Waals surface area contributed by atoms with Crippen LogP contribution in [0.2, 0.25) is 0 Å². The molecule has 0 aliphatic heterocycles. The molecule has 2 amide bonds. The predicted octanol–water partition coefficient (Wildman–Crippen LogP) is 2.29. The van der Waals surface area contributed by atoms with Crippen LogP contribution in [-0.4, -0.2) is 24.6 Å². The van der Waals surface area contributed by atoms with Gasteiger partial charge in [0.25, 0.3) is 11.8 Å². The third-order valence-corrected chi connectivity index (χ3v) is 3.46. The number of carbonyl (C=O) groups excluding carboxylic acids is 2. The van der Waals surface area contributed by atoms with E-state index in [0.717, 1.165) is 5.56 Å². The van der Waals surface area contributed by atoms with Gasteiger partial charge in [0.05, 0.1) is 11.4 Å². The standard InChI is InChI=1S/C16H15N3O2S/c20-15(12-17-16(21)14-9-5-11-22-14)19-18-10-4-8-13-6-2-1-3-7-13/h1-11H,12H2,(H,17,21)(H,19,20). The van der Waals surface area contributed by atoms with Crippen LogP contribution < -0.4 is 10.7 Å². The number of amides is 2. The van der Waals surface area contributed by atoms with Crippen LogP contribution in [0, 0.1) is 0 Å². The van der Waals surface area contributed by atoms with Crippen molar-refractivity contribution in [3.8, 4) is 0 Å². The monoisotopic (exact) mass is 313 g/mol. The fraction of sp³-hybridized carbons (Fsp3) is 0.0625. The largest absolute Gasteiger partial charge is 0.342 e. The summed E-state index contributed by atoms with van der Waals surface area (Å²) in [6.45, 7) is -0.115. The van der Waals surface area contributed by atoms with Gasteiger partial charge in [-0.05, 0) is 23.1 Å². The Balaban J connectivity index is 1.68. The summed E-state index contributed by atoms with van der Waals surface area (Å²) in [4.78, 5) is 23.7. The fourth-order valence-electron chi connectivity index (χ4n) is 1.57. The van der Waals surface area contributed by atoms with Gasteiger partial charge in [-0.25, -0.2) is 5.43 Å². The fourth-order valence-corrected chi connectivity index (χ4v) is 2.21. The molecule has 0 aliphatic rings. The van der Waals surface area contributed by atoms with E-state index >= 15 is 0 Å². The quantitative estimate of drug-likeness (QED) is 0.634. The third kappa shape index (κ3) is 5.34. The number of nitrogens with one attached hydrogen (secondary N) is 2. The van der Waals surface area contributed by atoms with Crippen molar-refractivity contribution in [2.24, 2.45) is 5.10 Å². The molecule has 2 rings (SSSR count). The molecule has 0 radical (unpaired) electrons. The number of hydrazone groups is 1. The zero-order chi connectivity index (χ0) is 15.6. The highest BCUT2D eigenvalue weighted by atomic mass is 32.1. The maximum Gasteiger partial charge on any atom is 0.261 e. The minimum Gasteiger partial charge on any atom is -0.342 e. The number of nitrogens with zero attached hydrogens (tertiary/aromatic N) is 1. The molecule has 2 aromatic rings. The van der Waals surface area contributed by atoms with Crippen molar-refractivity contribution in [2.45, 2.75) is 0 Å². The lowest BCUT2D eigenvalue weighted by Gasteiger charge is -2.01. The van der Waals surface area contributed by atoms with Crippen LogP contribution in [0.25, 0.3) is 6.08 Å². The molecule has 0 spiro atoms. The summed E-state index contributed by atoms with van der Waals surface area (Å²) in [5.74, 6) is -0.646. The highest BCUT2D eigenvalue weighted by Gasteiger charge is 2.07. The molecule has 1 aromatic heterocycles. The Hall–Kier alpha value is -2.73. The van der Waals surface area contributed by atoms with Gasteiger partial charge >= 0.3 is 0 Å². The summed E-state index contributed by atoms with van der Waals surface area (Å²) in [5.41, 5.74) is 3.38. The van der Waals surface area contributed by atoms with Crippen LogP contribution in [0.5, 0.6) is 0 Å². The number of hydrogen-bond donors (Lipinski definition) is 2. The van der Waals surface area contributed by atoms with E-state index in [1.54, 1.807) is 23.6 Å². The Labute approximate surface area is 132 Å². The molecule has 5 nitrogen and oxygen atoms in total. The summed E-state index contributed by atoms with van der Waals surface area (Å²) in [6.07, 6.45) is 5.07. The predicted molar refractivity (Wildman–Crippen MR) is 88.8 cm³/mol. The number of benzene rings is 1. The molecule has 1 aromatic carbocycles. The summed E-state index contributed by atoms with van der Waals surface area (Å²) in [6, 6.07) is 13.2. The van der Waals surface area contributed by atoms with Gasteiger partial charge in [0.2, 0.25) is 0 Å². The highest BCUT2D eigenvalue weighted by molar-refractivity contribution is 7.12. The molecule has 22 heavy (non-hydrogen) atoms. The van der Waals surface area contributed by atoms with Gasteiger partial charge < -0.3 is 5.32 Å². The Bertz CT molecular complexity index is 664. The minimum absolute atomic E-state index is 0.115. The van der Waals surface area contributed by atoms with Crippen LogP contribution in [0.3, 0.4) is 0 Å². The second-order valence-electron chi connectivity index (χ2n) is 4.24. The number of hydrogen-bond acceptors (Lipinski definition) is 4. The van der Waals surface area contributed by atoms with Crippen molar-refractivity contribution in [3.63, 3.8) is 0 Å². The second kappa shape index (κ2) is 8.53. The van der Waals surface area contributed by atoms with Gasteiger partial charge in [-0.1, -0.05) is 42.5 Å². The van der Waals surface area contributed by atoms with Crippen molar-refractivity contribution < 1.29 is 9.59 Å². The van der Waals surface area contributed by atoms with Crippen molar-refractivity contribution in [1.29, 1.82) is 0 Å². The molecular weight excluding hydrogens is 298 g/mol. The van der Waals surface area contributed by atoms with Crippen molar-refractivity contribution in [2.75, 3.05) is 6.54 Å². The Morgan fingerprint density at radius 3 is 2.68 bits per heavy atom. The highest BCUT2D eigenvalue weighted by Crippen LogP contribution is 2.07. The average molecular weight is 313 g/mol. The molecule has 0 saturated carbocycles. The molecule has 112 valence electrons. The number of thiophene rings is 1. The molecule has 0 atom stereocenters. The first-order valence-electron chi connectivity index (χ1n) is 6.61. The van der Waals surface area contributed by atoms with E-state index < -0.39 is 0 Å². The molecule has 0 bridgehead atoms. The molecule has 0 fully saturated rings. The molecule has 2 N–H and O–H groups in total. The SMILES string of the molecule is O=C(CNC(=O)c1cccs1)NN=CC=Cc1ccccc1. The van der Waals surface area contributed by atoms with E-state index in [2.05, 4.69) is 15.8 Å². The van der Waals surface area contributed by atoms with E-state index in [4.69, 9.17) is 0 Å². The summed E-state index contributed by atoms with van der Waals surface area (Å²) in [7, 11) is 0. The Morgan fingerprint density at radius 1 is 1.14 bits per heavy atom. The molecular formula is C16H15N3O2S. The summed E-state index contributed by atoms with van der Waals surface area (Å²) >= 11 is 1.32. The van der Waals surface area contributed by atoms with Crippen molar-refractivity contribution >= 4 is 35.4 Å². The second-order valence-corrected chi connectivity index (χ2v) is 5.19. The zero-order valence-electron chi connectivity index (χ0n) is 11.7. The molecule has 0 unspecified atom stereocenters. The van der Waals surface area contributed by atoms with Gasteiger partial charge in [-0.15, -0.1) is 11.3 Å². The lowest BCUT2D eigenvalue weighted by molar-refractivity contribution is -0.120. The van der Waals surface area contributed by atoms with E-state index in [-0.39, 0.29) is 18.4 Å². The maximum atomic E-state index is 11.6. The Kier molecular flexibility index (Phi) is 6.07. The smallest absolute Gasteiger partial charge is 0.261 e. The van der Waals surface area contributed by atoms with Crippen molar-refractivity contribution in [3.05, 3.63) is 64.4 Å². The summed E-state index contributed by atoms with van der Waals surface area (Å²) in [5, 5.41) is 8.09. The van der Waals surface area contributed by atoms with Crippen LogP contribution >= 0.6 is 11.3 Å². The number of rotatable bonds is 6. The van der Waals surface area contributed by atoms with E-state index in [9.17, 15) is 9.59 Å². The van der Waals surface area contributed by atoms with Gasteiger partial charge in [0.1, 0.15) is 0 Å². The minimum atomic E-state index is -0.380. The zero-order valence-corrected chi connectivity index (χ0v) is 12.5. The van der Waals surface area contributed by atoms with Crippen LogP contribution in [0.4, 0.5) is 0 Å². The first-order valence-corrected chi connectivity index (χ1v) is 7.49.